The molecule has 0 aliphatic heterocycles. The van der Waals surface area contributed by atoms with Crippen LogP contribution in [0.4, 0.5) is 5.69 Å². The van der Waals surface area contributed by atoms with E-state index in [-0.39, 0.29) is 23.8 Å². The number of carbonyl (C=O) groups excluding carboxylic acids is 1. The summed E-state index contributed by atoms with van der Waals surface area (Å²) in [5.74, 6) is 5.57. The Morgan fingerprint density at radius 3 is 2.78 bits per heavy atom. The van der Waals surface area contributed by atoms with Gasteiger partial charge >= 0.3 is 0 Å². The van der Waals surface area contributed by atoms with E-state index in [1.54, 1.807) is 0 Å². The number of rotatable bonds is 2. The molecule has 0 bridgehead atoms. The van der Waals surface area contributed by atoms with E-state index in [0.717, 1.165) is 12.0 Å². The minimum atomic E-state index is -0.183. The highest BCUT2D eigenvalue weighted by molar-refractivity contribution is 5.96. The fraction of sp³-hybridized carbons (Fsp3) is 0.400. The van der Waals surface area contributed by atoms with Gasteiger partial charge in [-0.15, -0.1) is 0 Å². The lowest BCUT2D eigenvalue weighted by molar-refractivity contribution is -0.118. The third-order valence-corrected chi connectivity index (χ3v) is 3.32. The fourth-order valence-electron chi connectivity index (χ4n) is 1.97. The smallest absolute Gasteiger partial charge is 0.228 e. The Morgan fingerprint density at radius 1 is 1.50 bits per heavy atom. The summed E-state index contributed by atoms with van der Waals surface area (Å²) in [5, 5.41) is 11.6. The second kappa shape index (κ2) is 4.83. The van der Waals surface area contributed by atoms with Gasteiger partial charge in [0.2, 0.25) is 5.91 Å². The van der Waals surface area contributed by atoms with Gasteiger partial charge in [-0.3, -0.25) is 4.79 Å². The van der Waals surface area contributed by atoms with Crippen molar-refractivity contribution in [2.75, 3.05) is 11.9 Å². The Balaban J connectivity index is 2.12. The van der Waals surface area contributed by atoms with Crippen molar-refractivity contribution in [3.05, 3.63) is 29.8 Å². The Morgan fingerprint density at radius 2 is 2.17 bits per heavy atom. The lowest BCUT2D eigenvalue weighted by Crippen LogP contribution is -2.17. The Bertz CT molecular complexity index is 523. The molecule has 0 spiro atoms. The van der Waals surface area contributed by atoms with Crippen molar-refractivity contribution in [2.45, 2.75) is 20.3 Å². The van der Waals surface area contributed by atoms with Crippen LogP contribution < -0.4 is 5.32 Å². The van der Waals surface area contributed by atoms with Crippen LogP contribution in [0, 0.1) is 23.2 Å². The molecular formula is C15H17NO2. The maximum absolute atomic E-state index is 12.0. The van der Waals surface area contributed by atoms with Crippen molar-refractivity contribution < 1.29 is 9.90 Å². The molecule has 1 atom stereocenters. The Kier molecular flexibility index (Phi) is 3.40. The van der Waals surface area contributed by atoms with E-state index in [9.17, 15) is 4.79 Å². The summed E-state index contributed by atoms with van der Waals surface area (Å²) < 4.78 is 0. The van der Waals surface area contributed by atoms with Crippen molar-refractivity contribution in [1.82, 2.24) is 0 Å². The summed E-state index contributed by atoms with van der Waals surface area (Å²) in [6.45, 7) is 4.00. The van der Waals surface area contributed by atoms with E-state index < -0.39 is 0 Å². The first-order chi connectivity index (χ1) is 8.54. The summed E-state index contributed by atoms with van der Waals surface area (Å²) >= 11 is 0. The molecule has 18 heavy (non-hydrogen) atoms. The van der Waals surface area contributed by atoms with E-state index >= 15 is 0 Å². The lowest BCUT2D eigenvalue weighted by Gasteiger charge is -2.08. The zero-order valence-corrected chi connectivity index (χ0v) is 10.7. The predicted molar refractivity (Wildman–Crippen MR) is 70.9 cm³/mol. The first-order valence-electron chi connectivity index (χ1n) is 6.04. The third kappa shape index (κ3) is 2.72. The lowest BCUT2D eigenvalue weighted by atomic mass is 10.1. The number of hydrogen-bond acceptors (Lipinski definition) is 2. The van der Waals surface area contributed by atoms with Gasteiger partial charge in [0.1, 0.15) is 6.61 Å². The van der Waals surface area contributed by atoms with Gasteiger partial charge in [-0.05, 0) is 24.0 Å². The van der Waals surface area contributed by atoms with Crippen molar-refractivity contribution in [2.24, 2.45) is 11.3 Å². The summed E-state index contributed by atoms with van der Waals surface area (Å²) in [6.07, 6.45) is 0.934. The predicted octanol–water partition coefficient (Wildman–Crippen LogP) is 2.02. The fourth-order valence-corrected chi connectivity index (χ4v) is 1.97. The van der Waals surface area contributed by atoms with E-state index in [4.69, 9.17) is 5.11 Å². The number of anilines is 1. The number of amides is 1. The molecule has 0 aromatic heterocycles. The summed E-state index contributed by atoms with van der Waals surface area (Å²) in [5.41, 5.74) is 1.57. The largest absolute Gasteiger partial charge is 0.384 e. The quantitative estimate of drug-likeness (QED) is 0.781. The molecule has 1 aromatic carbocycles. The van der Waals surface area contributed by atoms with Gasteiger partial charge in [0.05, 0.1) is 5.69 Å². The van der Waals surface area contributed by atoms with Crippen molar-refractivity contribution >= 4 is 11.6 Å². The van der Waals surface area contributed by atoms with Crippen LogP contribution >= 0.6 is 0 Å². The Labute approximate surface area is 107 Å². The zero-order chi connectivity index (χ0) is 13.2. The molecule has 94 valence electrons. The Hall–Kier alpha value is -1.79. The van der Waals surface area contributed by atoms with Crippen LogP contribution in [0.3, 0.4) is 0 Å². The van der Waals surface area contributed by atoms with E-state index in [1.165, 1.54) is 0 Å². The van der Waals surface area contributed by atoms with Crippen molar-refractivity contribution in [1.29, 1.82) is 0 Å². The number of carbonyl (C=O) groups is 1. The number of para-hydroxylation sites is 1. The monoisotopic (exact) mass is 243 g/mol. The average Bonchev–Trinajstić information content (AvgIpc) is 2.97. The van der Waals surface area contributed by atoms with Crippen LogP contribution in [0.15, 0.2) is 24.3 Å². The molecule has 1 aliphatic carbocycles. The van der Waals surface area contributed by atoms with Gasteiger partial charge < -0.3 is 10.4 Å². The number of nitrogens with one attached hydrogen (secondary N) is 1. The highest BCUT2D eigenvalue weighted by atomic mass is 16.2. The second-order valence-electron chi connectivity index (χ2n) is 5.24. The van der Waals surface area contributed by atoms with Crippen LogP contribution in [0.2, 0.25) is 0 Å². The first-order valence-corrected chi connectivity index (χ1v) is 6.04. The topological polar surface area (TPSA) is 49.3 Å². The summed E-state index contributed by atoms with van der Waals surface area (Å²) in [4.78, 5) is 12.0. The molecule has 0 heterocycles. The van der Waals surface area contributed by atoms with Gasteiger partial charge in [0.25, 0.3) is 0 Å². The normalized spacial score (nSPS) is 19.6. The molecule has 0 saturated heterocycles. The van der Waals surface area contributed by atoms with Gasteiger partial charge in [0.15, 0.2) is 0 Å². The zero-order valence-electron chi connectivity index (χ0n) is 10.7. The maximum Gasteiger partial charge on any atom is 0.228 e. The second-order valence-corrected chi connectivity index (χ2v) is 5.24. The minimum Gasteiger partial charge on any atom is -0.384 e. The molecule has 1 aliphatic rings. The van der Waals surface area contributed by atoms with E-state index in [1.807, 2.05) is 24.3 Å². The van der Waals surface area contributed by atoms with Crippen molar-refractivity contribution in [3.8, 4) is 11.8 Å². The summed E-state index contributed by atoms with van der Waals surface area (Å²) in [7, 11) is 0. The average molecular weight is 243 g/mol. The maximum atomic E-state index is 12.0. The SMILES string of the molecule is CC1(C)CC1C(=O)Nc1ccccc1C#CCO. The molecule has 1 aromatic rings. The van der Waals surface area contributed by atoms with Gasteiger partial charge in [-0.1, -0.05) is 37.8 Å². The molecule has 1 unspecified atom stereocenters. The van der Waals surface area contributed by atoms with E-state index in [0.29, 0.717) is 5.69 Å². The highest BCUT2D eigenvalue weighted by Gasteiger charge is 2.50. The van der Waals surface area contributed by atoms with Crippen molar-refractivity contribution in [3.63, 3.8) is 0 Å². The number of hydrogen-bond donors (Lipinski definition) is 2. The van der Waals surface area contributed by atoms with Crippen LogP contribution in [0.5, 0.6) is 0 Å². The molecule has 3 nitrogen and oxygen atoms in total. The van der Waals surface area contributed by atoms with E-state index in [2.05, 4.69) is 31.0 Å². The van der Waals surface area contributed by atoms with Gasteiger partial charge in [-0.25, -0.2) is 0 Å². The van der Waals surface area contributed by atoms with Crippen LogP contribution in [0.1, 0.15) is 25.8 Å². The van der Waals surface area contributed by atoms with Gasteiger partial charge in [-0.2, -0.15) is 0 Å². The number of aliphatic hydroxyl groups is 1. The van der Waals surface area contributed by atoms with Crippen LogP contribution in [-0.4, -0.2) is 17.6 Å². The van der Waals surface area contributed by atoms with Crippen LogP contribution in [-0.2, 0) is 4.79 Å². The molecule has 2 N–H and O–H groups in total. The standard InChI is InChI=1S/C15H17NO2/c1-15(2)10-12(15)14(18)16-13-8-4-3-6-11(13)7-5-9-17/h3-4,6,8,12,17H,9-10H2,1-2H3,(H,16,18). The molecule has 1 fully saturated rings. The highest BCUT2D eigenvalue weighted by Crippen LogP contribution is 2.52. The molecule has 3 heteroatoms. The number of aliphatic hydroxyl groups excluding tert-OH is 1. The van der Waals surface area contributed by atoms with Gasteiger partial charge in [0, 0.05) is 11.5 Å². The van der Waals surface area contributed by atoms with Crippen LogP contribution in [0.25, 0.3) is 0 Å². The number of benzene rings is 1. The minimum absolute atomic E-state index is 0.0539. The first kappa shape index (κ1) is 12.7. The third-order valence-electron chi connectivity index (χ3n) is 3.32. The molecule has 1 amide bonds. The molecule has 0 radical (unpaired) electrons. The molecular weight excluding hydrogens is 226 g/mol. The molecule has 1 saturated carbocycles. The molecule has 2 rings (SSSR count). The summed E-state index contributed by atoms with van der Waals surface area (Å²) in [6, 6.07) is 7.38.